The number of nitrogens with two attached hydrogens (primary N) is 2. The molecule has 6 nitrogen and oxygen atoms in total. The molecule has 6 rings (SSSR count). The lowest BCUT2D eigenvalue weighted by Gasteiger charge is -2.47. The summed E-state index contributed by atoms with van der Waals surface area (Å²) in [6.45, 7) is 4.31. The molecule has 8 heteroatoms. The SMILES string of the molecule is CC12CCCCCC(Cc3c(F)cc(OC(=O)CCCCCCCCC(=O)Oc4cc(F)c5c(c4)C4(C)CCCCCC(C5)C4N)cc31)C2N. The standard InChI is InChI=1S/C42H58F2N2O4/c1-41-19-13-7-9-15-27(39(41)45)21-31-33(41)23-29(25-35(31)43)49-37(47)17-11-5-3-4-6-12-18-38(48)50-30-24-34-32(36(44)26-30)22-28-16-10-8-14-20-42(34,2)40(28)46/h23-28,39-40H,3-22,45-46H2,1-2H3. The van der Waals surface area contributed by atoms with Crippen LogP contribution in [0.5, 0.6) is 11.5 Å². The number of fused-ring (bicyclic) bond motifs is 8. The molecule has 0 aromatic heterocycles. The van der Waals surface area contributed by atoms with Crippen LogP contribution in [0.1, 0.15) is 152 Å². The first-order valence-corrected chi connectivity index (χ1v) is 19.6. The monoisotopic (exact) mass is 692 g/mol. The molecule has 0 saturated heterocycles. The zero-order chi connectivity index (χ0) is 35.5. The summed E-state index contributed by atoms with van der Waals surface area (Å²) in [5.74, 6) is -0.164. The lowest BCUT2D eigenvalue weighted by atomic mass is 9.60. The molecule has 0 heterocycles. The fourth-order valence-corrected chi connectivity index (χ4v) is 9.88. The van der Waals surface area contributed by atoms with Crippen molar-refractivity contribution in [3.8, 4) is 11.5 Å². The Bertz CT molecular complexity index is 1430. The Labute approximate surface area is 297 Å². The van der Waals surface area contributed by atoms with Gasteiger partial charge in [0.15, 0.2) is 0 Å². The molecule has 2 aromatic carbocycles. The second-order valence-corrected chi connectivity index (χ2v) is 16.4. The largest absolute Gasteiger partial charge is 0.426 e. The Kier molecular flexibility index (Phi) is 11.7. The number of carbonyl (C=O) groups excluding carboxylic acids is 2. The van der Waals surface area contributed by atoms with Crippen LogP contribution in [-0.4, -0.2) is 24.0 Å². The van der Waals surface area contributed by atoms with Gasteiger partial charge in [0.2, 0.25) is 0 Å². The molecular formula is C42H58F2N2O4. The molecule has 0 amide bonds. The molecule has 2 saturated carbocycles. The van der Waals surface area contributed by atoms with Crippen molar-refractivity contribution in [3.05, 3.63) is 58.2 Å². The molecule has 6 unspecified atom stereocenters. The Hall–Kier alpha value is -2.84. The predicted molar refractivity (Wildman–Crippen MR) is 192 cm³/mol. The third-order valence-corrected chi connectivity index (χ3v) is 13.0. The molecule has 4 N–H and O–H groups in total. The van der Waals surface area contributed by atoms with Crippen LogP contribution in [-0.2, 0) is 33.3 Å². The normalized spacial score (nSPS) is 29.0. The maximum absolute atomic E-state index is 15.3. The molecule has 2 aromatic rings. The number of benzene rings is 2. The topological polar surface area (TPSA) is 105 Å². The molecule has 274 valence electrons. The minimum atomic E-state index is -0.350. The van der Waals surface area contributed by atoms with Crippen molar-refractivity contribution >= 4 is 11.9 Å². The third-order valence-electron chi connectivity index (χ3n) is 13.0. The maximum Gasteiger partial charge on any atom is 0.311 e. The van der Waals surface area contributed by atoms with Gasteiger partial charge >= 0.3 is 11.9 Å². The van der Waals surface area contributed by atoms with Gasteiger partial charge < -0.3 is 20.9 Å². The minimum Gasteiger partial charge on any atom is -0.426 e. The van der Waals surface area contributed by atoms with Crippen LogP contribution in [0.25, 0.3) is 0 Å². The van der Waals surface area contributed by atoms with Gasteiger partial charge in [0, 0.05) is 47.9 Å². The van der Waals surface area contributed by atoms with Crippen molar-refractivity contribution in [2.75, 3.05) is 0 Å². The summed E-state index contributed by atoms with van der Waals surface area (Å²) in [5.41, 5.74) is 16.2. The molecule has 0 aliphatic heterocycles. The second-order valence-electron chi connectivity index (χ2n) is 16.4. The van der Waals surface area contributed by atoms with Gasteiger partial charge in [-0.1, -0.05) is 78.1 Å². The van der Waals surface area contributed by atoms with Crippen molar-refractivity contribution in [1.82, 2.24) is 0 Å². The number of carbonyl (C=O) groups is 2. The van der Waals surface area contributed by atoms with Crippen LogP contribution < -0.4 is 20.9 Å². The van der Waals surface area contributed by atoms with Gasteiger partial charge in [-0.05, 0) is 97.6 Å². The Morgan fingerprint density at radius 1 is 0.640 bits per heavy atom. The first kappa shape index (κ1) is 36.9. The first-order valence-electron chi connectivity index (χ1n) is 19.6. The van der Waals surface area contributed by atoms with Crippen LogP contribution in [0.2, 0.25) is 0 Å². The summed E-state index contributed by atoms with van der Waals surface area (Å²) in [4.78, 5) is 25.4. The van der Waals surface area contributed by atoms with E-state index in [-0.39, 0.29) is 82.7 Å². The molecule has 4 aliphatic carbocycles. The number of hydrogen-bond donors (Lipinski definition) is 2. The number of esters is 2. The van der Waals surface area contributed by atoms with Gasteiger partial charge in [-0.15, -0.1) is 0 Å². The van der Waals surface area contributed by atoms with E-state index in [0.717, 1.165) is 99.3 Å². The highest BCUT2D eigenvalue weighted by atomic mass is 19.1. The van der Waals surface area contributed by atoms with E-state index in [4.69, 9.17) is 20.9 Å². The van der Waals surface area contributed by atoms with Gasteiger partial charge in [0.05, 0.1) is 0 Å². The summed E-state index contributed by atoms with van der Waals surface area (Å²) in [6.07, 6.45) is 17.5. The van der Waals surface area contributed by atoms with E-state index in [9.17, 15) is 9.59 Å². The Morgan fingerprint density at radius 3 is 1.46 bits per heavy atom. The van der Waals surface area contributed by atoms with E-state index >= 15 is 8.78 Å². The molecule has 4 aliphatic rings. The highest BCUT2D eigenvalue weighted by Crippen LogP contribution is 2.49. The van der Waals surface area contributed by atoms with Crippen molar-refractivity contribution < 1.29 is 27.8 Å². The molecule has 50 heavy (non-hydrogen) atoms. The molecule has 6 atom stereocenters. The molecule has 2 fully saturated rings. The second kappa shape index (κ2) is 15.8. The molecule has 0 radical (unpaired) electrons. The van der Waals surface area contributed by atoms with E-state index in [0.29, 0.717) is 25.7 Å². The van der Waals surface area contributed by atoms with Gasteiger partial charge in [-0.3, -0.25) is 9.59 Å². The number of unbranched alkanes of at least 4 members (excludes halogenated alkanes) is 5. The smallest absolute Gasteiger partial charge is 0.311 e. The lowest BCUT2D eigenvalue weighted by molar-refractivity contribution is -0.135. The van der Waals surface area contributed by atoms with Crippen LogP contribution in [0, 0.1) is 23.5 Å². The van der Waals surface area contributed by atoms with Crippen LogP contribution >= 0.6 is 0 Å². The highest BCUT2D eigenvalue weighted by molar-refractivity contribution is 5.73. The maximum atomic E-state index is 15.3. The van der Waals surface area contributed by atoms with Crippen LogP contribution in [0.15, 0.2) is 24.3 Å². The fourth-order valence-electron chi connectivity index (χ4n) is 9.88. The Balaban J connectivity index is 0.909. The van der Waals surface area contributed by atoms with E-state index in [1.54, 1.807) is 0 Å². The van der Waals surface area contributed by atoms with Gasteiger partial charge in [0.25, 0.3) is 0 Å². The summed E-state index contributed by atoms with van der Waals surface area (Å²) < 4.78 is 41.9. The zero-order valence-corrected chi connectivity index (χ0v) is 30.3. The summed E-state index contributed by atoms with van der Waals surface area (Å²) in [7, 11) is 0. The molecule has 0 spiro atoms. The molecular weight excluding hydrogens is 634 g/mol. The summed E-state index contributed by atoms with van der Waals surface area (Å²) in [6, 6.07) is 6.41. The van der Waals surface area contributed by atoms with Crippen molar-refractivity contribution in [1.29, 1.82) is 0 Å². The van der Waals surface area contributed by atoms with Crippen molar-refractivity contribution in [3.63, 3.8) is 0 Å². The zero-order valence-electron chi connectivity index (χ0n) is 30.3. The van der Waals surface area contributed by atoms with E-state index in [1.165, 1.54) is 25.0 Å². The average Bonchev–Trinajstić information content (AvgIpc) is 3.07. The first-order chi connectivity index (χ1) is 24.0. The number of ether oxygens (including phenoxy) is 2. The minimum absolute atomic E-state index is 0.0253. The highest BCUT2D eigenvalue weighted by Gasteiger charge is 2.46. The van der Waals surface area contributed by atoms with E-state index < -0.39 is 0 Å². The van der Waals surface area contributed by atoms with E-state index in [2.05, 4.69) is 13.8 Å². The van der Waals surface area contributed by atoms with Crippen LogP contribution in [0.3, 0.4) is 0 Å². The van der Waals surface area contributed by atoms with Crippen molar-refractivity contribution in [2.45, 2.75) is 165 Å². The lowest BCUT2D eigenvalue weighted by Crippen LogP contribution is -2.53. The number of hydrogen-bond acceptors (Lipinski definition) is 6. The van der Waals surface area contributed by atoms with Gasteiger partial charge in [0.1, 0.15) is 23.1 Å². The summed E-state index contributed by atoms with van der Waals surface area (Å²) in [5, 5.41) is 0. The number of halogens is 2. The summed E-state index contributed by atoms with van der Waals surface area (Å²) >= 11 is 0. The van der Waals surface area contributed by atoms with Gasteiger partial charge in [-0.2, -0.15) is 0 Å². The predicted octanol–water partition coefficient (Wildman–Crippen LogP) is 9.04. The van der Waals surface area contributed by atoms with E-state index in [1.807, 2.05) is 12.1 Å². The quantitative estimate of drug-likeness (QED) is 0.138. The Morgan fingerprint density at radius 2 is 1.04 bits per heavy atom. The van der Waals surface area contributed by atoms with Gasteiger partial charge in [-0.25, -0.2) is 8.78 Å². The average molecular weight is 693 g/mol. The molecule has 4 bridgehead atoms. The number of rotatable bonds is 11. The third kappa shape index (κ3) is 7.81. The van der Waals surface area contributed by atoms with Crippen molar-refractivity contribution in [2.24, 2.45) is 23.3 Å². The van der Waals surface area contributed by atoms with Crippen LogP contribution in [0.4, 0.5) is 8.78 Å². The fraction of sp³-hybridized carbons (Fsp3) is 0.667.